The second-order valence-electron chi connectivity index (χ2n) is 6.27. The van der Waals surface area contributed by atoms with Gasteiger partial charge >= 0.3 is 5.97 Å². The van der Waals surface area contributed by atoms with Crippen molar-refractivity contribution in [1.29, 1.82) is 0 Å². The Labute approximate surface area is 155 Å². The zero-order chi connectivity index (χ0) is 18.5. The van der Waals surface area contributed by atoms with Crippen molar-refractivity contribution in [3.63, 3.8) is 0 Å². The van der Waals surface area contributed by atoms with E-state index in [9.17, 15) is 14.0 Å². The van der Waals surface area contributed by atoms with Gasteiger partial charge in [0.15, 0.2) is 12.3 Å². The maximum absolute atomic E-state index is 13.0. The van der Waals surface area contributed by atoms with E-state index < -0.39 is 5.97 Å². The molecule has 2 heterocycles. The number of piperidine rings is 1. The minimum atomic E-state index is -0.618. The molecule has 138 valence electrons. The smallest absolute Gasteiger partial charge is 0.358 e. The van der Waals surface area contributed by atoms with Gasteiger partial charge in [0.2, 0.25) is 0 Å². The van der Waals surface area contributed by atoms with Crippen molar-refractivity contribution in [2.75, 3.05) is 13.2 Å². The molecule has 0 unspecified atom stereocenters. The lowest BCUT2D eigenvalue weighted by atomic mass is 10.00. The molecule has 2 aromatic rings. The van der Waals surface area contributed by atoms with Crippen molar-refractivity contribution in [3.8, 4) is 10.6 Å². The average Bonchev–Trinajstić information content (AvgIpc) is 3.16. The predicted molar refractivity (Wildman–Crippen MR) is 97.4 cm³/mol. The number of thiazole rings is 1. The van der Waals surface area contributed by atoms with Crippen LogP contribution in [0.25, 0.3) is 10.6 Å². The standard InChI is InChI=1S/C19H21FN2O3S/c1-2-15-5-3-4-10-22(15)17(23)11-25-19(24)16-12-26-18(21-16)13-6-8-14(20)9-7-13/h6-9,12,15H,2-5,10-11H2,1H3/t15-/m0/s1. The van der Waals surface area contributed by atoms with Gasteiger partial charge in [-0.25, -0.2) is 14.2 Å². The van der Waals surface area contributed by atoms with E-state index >= 15 is 0 Å². The molecule has 1 atom stereocenters. The van der Waals surface area contributed by atoms with Gasteiger partial charge in [-0.15, -0.1) is 11.3 Å². The topological polar surface area (TPSA) is 59.5 Å². The number of rotatable bonds is 5. The molecular formula is C19H21FN2O3S. The fourth-order valence-corrected chi connectivity index (χ4v) is 3.93. The van der Waals surface area contributed by atoms with Crippen LogP contribution in [0.4, 0.5) is 4.39 Å². The van der Waals surface area contributed by atoms with Gasteiger partial charge in [-0.05, 0) is 49.9 Å². The molecular weight excluding hydrogens is 355 g/mol. The van der Waals surface area contributed by atoms with Gasteiger partial charge in [0.05, 0.1) is 0 Å². The van der Waals surface area contributed by atoms with Gasteiger partial charge in [-0.1, -0.05) is 6.92 Å². The molecule has 5 nitrogen and oxygen atoms in total. The highest BCUT2D eigenvalue weighted by Gasteiger charge is 2.26. The molecule has 3 rings (SSSR count). The summed E-state index contributed by atoms with van der Waals surface area (Å²) in [6.07, 6.45) is 4.03. The first kappa shape index (κ1) is 18.5. The second-order valence-corrected chi connectivity index (χ2v) is 7.12. The largest absolute Gasteiger partial charge is 0.451 e. The number of hydrogen-bond donors (Lipinski definition) is 0. The third kappa shape index (κ3) is 4.27. The summed E-state index contributed by atoms with van der Waals surface area (Å²) in [5.41, 5.74) is 0.887. The summed E-state index contributed by atoms with van der Waals surface area (Å²) in [6, 6.07) is 6.13. The highest BCUT2D eigenvalue weighted by atomic mass is 32.1. The Morgan fingerprint density at radius 3 is 2.81 bits per heavy atom. The van der Waals surface area contributed by atoms with Gasteiger partial charge in [-0.2, -0.15) is 0 Å². The van der Waals surface area contributed by atoms with Gasteiger partial charge in [0.25, 0.3) is 5.91 Å². The number of halogens is 1. The van der Waals surface area contributed by atoms with Gasteiger partial charge in [0, 0.05) is 23.5 Å². The summed E-state index contributed by atoms with van der Waals surface area (Å²) >= 11 is 1.27. The SMILES string of the molecule is CC[C@H]1CCCCN1C(=O)COC(=O)c1csc(-c2ccc(F)cc2)n1. The third-order valence-corrected chi connectivity index (χ3v) is 5.44. The number of carbonyl (C=O) groups is 2. The van der Waals surface area contributed by atoms with E-state index in [0.29, 0.717) is 5.01 Å². The molecule has 26 heavy (non-hydrogen) atoms. The number of likely N-dealkylation sites (tertiary alicyclic amines) is 1. The van der Waals surface area contributed by atoms with Crippen LogP contribution >= 0.6 is 11.3 Å². The first-order valence-corrected chi connectivity index (χ1v) is 9.64. The van der Waals surface area contributed by atoms with Crippen LogP contribution in [0.2, 0.25) is 0 Å². The number of nitrogens with zero attached hydrogens (tertiary/aromatic N) is 2. The quantitative estimate of drug-likeness (QED) is 0.743. The number of benzene rings is 1. The molecule has 1 aromatic carbocycles. The highest BCUT2D eigenvalue weighted by molar-refractivity contribution is 7.13. The average molecular weight is 376 g/mol. The van der Waals surface area contributed by atoms with Gasteiger partial charge in [0.1, 0.15) is 10.8 Å². The molecule has 1 aliphatic rings. The highest BCUT2D eigenvalue weighted by Crippen LogP contribution is 2.24. The lowest BCUT2D eigenvalue weighted by Gasteiger charge is -2.35. The summed E-state index contributed by atoms with van der Waals surface area (Å²) in [6.45, 7) is 2.52. The fourth-order valence-electron chi connectivity index (χ4n) is 3.13. The summed E-state index contributed by atoms with van der Waals surface area (Å²) in [4.78, 5) is 30.6. The number of hydrogen-bond acceptors (Lipinski definition) is 5. The lowest BCUT2D eigenvalue weighted by Crippen LogP contribution is -2.45. The Balaban J connectivity index is 1.58. The molecule has 0 spiro atoms. The Bertz CT molecular complexity index is 775. The zero-order valence-electron chi connectivity index (χ0n) is 14.6. The van der Waals surface area contributed by atoms with Crippen molar-refractivity contribution >= 4 is 23.2 Å². The first-order chi connectivity index (χ1) is 12.6. The van der Waals surface area contributed by atoms with Crippen molar-refractivity contribution < 1.29 is 18.7 Å². The summed E-state index contributed by atoms with van der Waals surface area (Å²) in [5.74, 6) is -1.10. The summed E-state index contributed by atoms with van der Waals surface area (Å²) in [7, 11) is 0. The molecule has 0 bridgehead atoms. The lowest BCUT2D eigenvalue weighted by molar-refractivity contribution is -0.138. The predicted octanol–water partition coefficient (Wildman–Crippen LogP) is 3.90. The number of ether oxygens (including phenoxy) is 1. The van der Waals surface area contributed by atoms with E-state index in [1.54, 1.807) is 17.5 Å². The van der Waals surface area contributed by atoms with Crippen LogP contribution in [0.5, 0.6) is 0 Å². The van der Waals surface area contributed by atoms with E-state index in [0.717, 1.165) is 37.8 Å². The van der Waals surface area contributed by atoms with Crippen molar-refractivity contribution in [2.45, 2.75) is 38.6 Å². The minimum absolute atomic E-state index is 0.154. The molecule has 0 radical (unpaired) electrons. The maximum Gasteiger partial charge on any atom is 0.358 e. The molecule has 0 saturated carbocycles. The third-order valence-electron chi connectivity index (χ3n) is 4.55. The van der Waals surface area contributed by atoms with Crippen LogP contribution in [0.3, 0.4) is 0 Å². The molecule has 1 saturated heterocycles. The minimum Gasteiger partial charge on any atom is -0.451 e. The maximum atomic E-state index is 13.0. The van der Waals surface area contributed by atoms with Crippen LogP contribution in [0.15, 0.2) is 29.6 Å². The van der Waals surface area contributed by atoms with Gasteiger partial charge in [-0.3, -0.25) is 4.79 Å². The van der Waals surface area contributed by atoms with Crippen LogP contribution in [-0.4, -0.2) is 41.0 Å². The van der Waals surface area contributed by atoms with Crippen molar-refractivity contribution in [2.24, 2.45) is 0 Å². The van der Waals surface area contributed by atoms with Gasteiger partial charge < -0.3 is 9.64 Å². The molecule has 1 fully saturated rings. The van der Waals surface area contributed by atoms with Crippen LogP contribution in [-0.2, 0) is 9.53 Å². The van der Waals surface area contributed by atoms with Crippen molar-refractivity contribution in [3.05, 3.63) is 41.2 Å². The molecule has 1 aromatic heterocycles. The van der Waals surface area contributed by atoms with Crippen LogP contribution < -0.4 is 0 Å². The zero-order valence-corrected chi connectivity index (χ0v) is 15.4. The second kappa shape index (κ2) is 8.40. The Morgan fingerprint density at radius 2 is 2.08 bits per heavy atom. The molecule has 0 aliphatic carbocycles. The molecule has 0 N–H and O–H groups in total. The van der Waals surface area contributed by atoms with Crippen LogP contribution in [0.1, 0.15) is 43.1 Å². The Kier molecular flexibility index (Phi) is 5.98. The molecule has 1 amide bonds. The van der Waals surface area contributed by atoms with E-state index in [2.05, 4.69) is 11.9 Å². The van der Waals surface area contributed by atoms with E-state index in [1.165, 1.54) is 23.5 Å². The van der Waals surface area contributed by atoms with E-state index in [-0.39, 0.29) is 30.1 Å². The number of aromatic nitrogens is 1. The number of esters is 1. The molecule has 7 heteroatoms. The fraction of sp³-hybridized carbons (Fsp3) is 0.421. The molecule has 1 aliphatic heterocycles. The normalized spacial score (nSPS) is 17.2. The monoisotopic (exact) mass is 376 g/mol. The van der Waals surface area contributed by atoms with Crippen molar-refractivity contribution in [1.82, 2.24) is 9.88 Å². The van der Waals surface area contributed by atoms with Crippen LogP contribution in [0, 0.1) is 5.82 Å². The van der Waals surface area contributed by atoms with E-state index in [1.807, 2.05) is 4.90 Å². The first-order valence-electron chi connectivity index (χ1n) is 8.76. The number of amides is 1. The summed E-state index contributed by atoms with van der Waals surface area (Å²) in [5, 5.41) is 2.19. The Hall–Kier alpha value is -2.28. The number of carbonyl (C=O) groups excluding carboxylic acids is 2. The Morgan fingerprint density at radius 1 is 1.31 bits per heavy atom. The van der Waals surface area contributed by atoms with E-state index in [4.69, 9.17) is 4.74 Å². The summed E-state index contributed by atoms with van der Waals surface area (Å²) < 4.78 is 18.1.